The third-order valence-corrected chi connectivity index (χ3v) is 9.27. The van der Waals surface area contributed by atoms with E-state index in [9.17, 15) is 36.3 Å². The van der Waals surface area contributed by atoms with E-state index in [1.54, 1.807) is 4.90 Å². The molecule has 4 aromatic rings. The number of amides is 2. The van der Waals surface area contributed by atoms with Crippen molar-refractivity contribution in [2.75, 3.05) is 31.1 Å². The average molecular weight is 659 g/mol. The molecule has 1 aliphatic rings. The Balaban J connectivity index is 1.29. The topological polar surface area (TPSA) is 164 Å². The number of benzene rings is 1. The van der Waals surface area contributed by atoms with Crippen LogP contribution in [0.4, 0.5) is 19.0 Å². The van der Waals surface area contributed by atoms with Crippen LogP contribution < -0.4 is 9.62 Å². The van der Waals surface area contributed by atoms with E-state index in [1.807, 2.05) is 4.72 Å². The standard InChI is InChI=1S/C29H29F3N8O5S/c1-28(2,3)46(44,45)37-26(42)24-4-5-25(36-35-24)38-6-8-39(9-7-38)27(43)18-10-21(29(30,31)32)13-22(11-18)40-17-20(15-34-40)19-12-23(41)16-33-14-19/h4-5,10-17,41H,6-9H2,1-3H3,(H,37,42). The Bertz CT molecular complexity index is 1880. The number of nitrogens with one attached hydrogen (secondary N) is 1. The van der Waals surface area contributed by atoms with Crippen LogP contribution in [0, 0.1) is 0 Å². The first-order chi connectivity index (χ1) is 21.5. The van der Waals surface area contributed by atoms with Crippen molar-refractivity contribution in [3.63, 3.8) is 0 Å². The predicted molar refractivity (Wildman–Crippen MR) is 160 cm³/mol. The van der Waals surface area contributed by atoms with Crippen LogP contribution in [-0.2, 0) is 16.2 Å². The third kappa shape index (κ3) is 6.93. The number of rotatable bonds is 6. The van der Waals surface area contributed by atoms with E-state index < -0.39 is 38.3 Å². The van der Waals surface area contributed by atoms with E-state index in [0.29, 0.717) is 16.9 Å². The fourth-order valence-electron chi connectivity index (χ4n) is 4.49. The van der Waals surface area contributed by atoms with E-state index in [2.05, 4.69) is 20.3 Å². The van der Waals surface area contributed by atoms with Crippen LogP contribution in [0.15, 0.2) is 61.2 Å². The molecule has 4 heterocycles. The lowest BCUT2D eigenvalue weighted by Crippen LogP contribution is -2.49. The summed E-state index contributed by atoms with van der Waals surface area (Å²) in [6.45, 7) is 5.21. The van der Waals surface area contributed by atoms with Gasteiger partial charge < -0.3 is 14.9 Å². The normalized spacial score (nSPS) is 14.3. The first kappa shape index (κ1) is 32.3. The Hall–Kier alpha value is -5.06. The van der Waals surface area contributed by atoms with Crippen molar-refractivity contribution in [2.24, 2.45) is 0 Å². The molecule has 2 N–H and O–H groups in total. The molecule has 46 heavy (non-hydrogen) atoms. The van der Waals surface area contributed by atoms with Gasteiger partial charge >= 0.3 is 6.18 Å². The molecule has 1 aromatic carbocycles. The highest BCUT2D eigenvalue weighted by molar-refractivity contribution is 7.91. The molecule has 1 fully saturated rings. The highest BCUT2D eigenvalue weighted by Crippen LogP contribution is 2.32. The quantitative estimate of drug-likeness (QED) is 0.314. The second kappa shape index (κ2) is 12.0. The maximum absolute atomic E-state index is 13.9. The van der Waals surface area contributed by atoms with Gasteiger partial charge in [-0.05, 0) is 57.2 Å². The number of alkyl halides is 3. The van der Waals surface area contributed by atoms with E-state index in [0.717, 1.165) is 12.1 Å². The van der Waals surface area contributed by atoms with Gasteiger partial charge in [-0.15, -0.1) is 10.2 Å². The molecule has 3 aromatic heterocycles. The van der Waals surface area contributed by atoms with Crippen LogP contribution in [0.25, 0.3) is 16.8 Å². The zero-order chi connectivity index (χ0) is 33.4. The van der Waals surface area contributed by atoms with Crippen LogP contribution >= 0.6 is 0 Å². The highest BCUT2D eigenvalue weighted by Gasteiger charge is 2.34. The molecule has 0 radical (unpaired) electrons. The van der Waals surface area contributed by atoms with Crippen LogP contribution in [0.5, 0.6) is 5.75 Å². The largest absolute Gasteiger partial charge is 0.506 e. The predicted octanol–water partition coefficient (Wildman–Crippen LogP) is 3.27. The molecule has 17 heteroatoms. The molecule has 0 spiro atoms. The molecular weight excluding hydrogens is 629 g/mol. The number of anilines is 1. The van der Waals surface area contributed by atoms with Gasteiger partial charge in [0.05, 0.1) is 28.4 Å². The summed E-state index contributed by atoms with van der Waals surface area (Å²) < 4.78 is 68.1. The number of aromatic hydroxyl groups is 1. The number of hydrogen-bond acceptors (Lipinski definition) is 10. The van der Waals surface area contributed by atoms with Crippen molar-refractivity contribution in [3.05, 3.63) is 78.0 Å². The molecule has 242 valence electrons. The van der Waals surface area contributed by atoms with Crippen molar-refractivity contribution >= 4 is 27.7 Å². The smallest absolute Gasteiger partial charge is 0.416 e. The summed E-state index contributed by atoms with van der Waals surface area (Å²) in [5.74, 6) is -1.24. The second-order valence-corrected chi connectivity index (χ2v) is 13.9. The third-order valence-electron chi connectivity index (χ3n) is 7.20. The molecule has 0 atom stereocenters. The summed E-state index contributed by atoms with van der Waals surface area (Å²) in [5, 5.41) is 21.7. The summed E-state index contributed by atoms with van der Waals surface area (Å²) in [6, 6.07) is 7.29. The summed E-state index contributed by atoms with van der Waals surface area (Å²) in [4.78, 5) is 32.9. The van der Waals surface area contributed by atoms with Crippen LogP contribution in [-0.4, -0.2) is 86.1 Å². The molecule has 0 aliphatic carbocycles. The second-order valence-electron chi connectivity index (χ2n) is 11.5. The number of carbonyl (C=O) groups is 2. The van der Waals surface area contributed by atoms with Gasteiger partial charge in [0, 0.05) is 55.3 Å². The molecule has 0 saturated carbocycles. The number of aromatic nitrogens is 5. The molecule has 0 bridgehead atoms. The first-order valence-electron chi connectivity index (χ1n) is 13.9. The summed E-state index contributed by atoms with van der Waals surface area (Å²) in [6.07, 6.45) is 0.867. The maximum atomic E-state index is 13.9. The van der Waals surface area contributed by atoms with Gasteiger partial charge in [0.2, 0.25) is 10.0 Å². The van der Waals surface area contributed by atoms with Gasteiger partial charge in [-0.3, -0.25) is 14.6 Å². The van der Waals surface area contributed by atoms with Crippen molar-refractivity contribution in [1.29, 1.82) is 0 Å². The number of halogens is 3. The van der Waals surface area contributed by atoms with E-state index in [-0.39, 0.29) is 48.9 Å². The monoisotopic (exact) mass is 658 g/mol. The molecule has 13 nitrogen and oxygen atoms in total. The first-order valence-corrected chi connectivity index (χ1v) is 15.4. The molecule has 1 saturated heterocycles. The minimum Gasteiger partial charge on any atom is -0.506 e. The van der Waals surface area contributed by atoms with Gasteiger partial charge in [-0.2, -0.15) is 18.3 Å². The lowest BCUT2D eigenvalue weighted by atomic mass is 10.1. The minimum absolute atomic E-state index is 0.0193. The van der Waals surface area contributed by atoms with Crippen molar-refractivity contribution < 1.29 is 36.3 Å². The number of pyridine rings is 1. The number of sulfonamides is 1. The lowest BCUT2D eigenvalue weighted by molar-refractivity contribution is -0.137. The number of hydrogen-bond donors (Lipinski definition) is 2. The Kier molecular flexibility index (Phi) is 8.46. The average Bonchev–Trinajstić information content (AvgIpc) is 3.50. The van der Waals surface area contributed by atoms with Crippen LogP contribution in [0.1, 0.15) is 47.2 Å². The maximum Gasteiger partial charge on any atom is 0.416 e. The van der Waals surface area contributed by atoms with Crippen molar-refractivity contribution in [1.82, 2.24) is 34.6 Å². The Morgan fingerprint density at radius 1 is 0.913 bits per heavy atom. The minimum atomic E-state index is -4.73. The summed E-state index contributed by atoms with van der Waals surface area (Å²) in [5.41, 5.74) is -0.369. The fraction of sp³-hybridized carbons (Fsp3) is 0.310. The van der Waals surface area contributed by atoms with Crippen LogP contribution in [0.2, 0.25) is 0 Å². The molecule has 0 unspecified atom stereocenters. The van der Waals surface area contributed by atoms with Crippen molar-refractivity contribution in [2.45, 2.75) is 31.7 Å². The Morgan fingerprint density at radius 2 is 1.63 bits per heavy atom. The number of carbonyl (C=O) groups excluding carboxylic acids is 2. The van der Waals surface area contributed by atoms with Gasteiger partial charge in [-0.25, -0.2) is 17.8 Å². The molecule has 5 rings (SSSR count). The van der Waals surface area contributed by atoms with E-state index in [4.69, 9.17) is 0 Å². The van der Waals surface area contributed by atoms with E-state index >= 15 is 0 Å². The number of nitrogens with zero attached hydrogens (tertiary/aromatic N) is 7. The Labute approximate surface area is 261 Å². The van der Waals surface area contributed by atoms with Gasteiger partial charge in [0.15, 0.2) is 11.5 Å². The SMILES string of the molecule is CC(C)(C)S(=O)(=O)NC(=O)c1ccc(N2CCN(C(=O)c3cc(-n4cc(-c5cncc(O)c5)cn4)cc(C(F)(F)F)c3)CC2)nn1. The molecule has 1 aliphatic heterocycles. The Morgan fingerprint density at radius 3 is 2.24 bits per heavy atom. The zero-order valence-electron chi connectivity index (χ0n) is 24.9. The summed E-state index contributed by atoms with van der Waals surface area (Å²) >= 11 is 0. The zero-order valence-corrected chi connectivity index (χ0v) is 25.7. The fourth-order valence-corrected chi connectivity index (χ4v) is 5.15. The van der Waals surface area contributed by atoms with E-state index in [1.165, 1.54) is 79.4 Å². The molecule has 2 amide bonds. The lowest BCUT2D eigenvalue weighted by Gasteiger charge is -2.35. The summed E-state index contributed by atoms with van der Waals surface area (Å²) in [7, 11) is -3.95. The van der Waals surface area contributed by atoms with Gasteiger partial charge in [0.1, 0.15) is 5.75 Å². The van der Waals surface area contributed by atoms with Crippen LogP contribution in [0.3, 0.4) is 0 Å². The highest BCUT2D eigenvalue weighted by atomic mass is 32.2. The van der Waals surface area contributed by atoms with Gasteiger partial charge in [-0.1, -0.05) is 0 Å². The van der Waals surface area contributed by atoms with Gasteiger partial charge in [0.25, 0.3) is 11.8 Å². The molecular formula is C29H29F3N8O5S. The van der Waals surface area contributed by atoms with Crippen molar-refractivity contribution in [3.8, 4) is 22.6 Å². The number of piperazine rings is 1.